The minimum Gasteiger partial charge on any atom is -0.494 e. The summed E-state index contributed by atoms with van der Waals surface area (Å²) < 4.78 is 13.1. The summed E-state index contributed by atoms with van der Waals surface area (Å²) in [5.41, 5.74) is 1.90. The minimum absolute atomic E-state index is 0.429. The molecule has 4 nitrogen and oxygen atoms in total. The van der Waals surface area contributed by atoms with Gasteiger partial charge in [-0.25, -0.2) is 4.98 Å². The Labute approximate surface area is 117 Å². The lowest BCUT2D eigenvalue weighted by Gasteiger charge is -2.05. The molecule has 0 unspecified atom stereocenters. The lowest BCUT2D eigenvalue weighted by atomic mass is 10.3. The molecule has 0 aliphatic rings. The van der Waals surface area contributed by atoms with Crippen molar-refractivity contribution < 1.29 is 9.47 Å². The maximum atomic E-state index is 5.75. The first-order chi connectivity index (χ1) is 9.79. The number of ether oxygens (including phenoxy) is 2. The number of hydrogen-bond acceptors (Lipinski definition) is 3. The zero-order valence-electron chi connectivity index (χ0n) is 11.5. The molecule has 0 saturated heterocycles. The van der Waals surface area contributed by atoms with Gasteiger partial charge in [0, 0.05) is 7.05 Å². The van der Waals surface area contributed by atoms with E-state index in [4.69, 9.17) is 9.47 Å². The lowest BCUT2D eigenvalue weighted by Crippen LogP contribution is -2.03. The second-order valence-electron chi connectivity index (χ2n) is 4.52. The fourth-order valence-electron chi connectivity index (χ4n) is 2.20. The van der Waals surface area contributed by atoms with Gasteiger partial charge in [0.15, 0.2) is 0 Å². The molecule has 0 spiro atoms. The molecule has 3 aromatic rings. The predicted octanol–water partition coefficient (Wildman–Crippen LogP) is 3.16. The van der Waals surface area contributed by atoms with Crippen molar-refractivity contribution in [1.82, 2.24) is 9.55 Å². The van der Waals surface area contributed by atoms with Crippen LogP contribution in [0.4, 0.5) is 0 Å². The second kappa shape index (κ2) is 5.25. The lowest BCUT2D eigenvalue weighted by molar-refractivity contribution is 0.292. The van der Waals surface area contributed by atoms with Crippen molar-refractivity contribution in [1.29, 1.82) is 0 Å². The van der Waals surface area contributed by atoms with Crippen LogP contribution < -0.4 is 9.47 Å². The fourth-order valence-corrected chi connectivity index (χ4v) is 2.20. The van der Waals surface area contributed by atoms with Crippen LogP contribution >= 0.6 is 0 Å². The minimum atomic E-state index is 0.429. The summed E-state index contributed by atoms with van der Waals surface area (Å²) in [5, 5.41) is 0. The number of aryl methyl sites for hydroxylation is 1. The summed E-state index contributed by atoms with van der Waals surface area (Å²) in [6, 6.07) is 15.6. The number of para-hydroxylation sites is 2. The van der Waals surface area contributed by atoms with Crippen LogP contribution in [0.1, 0.15) is 5.82 Å². The highest BCUT2D eigenvalue weighted by molar-refractivity contribution is 5.82. The zero-order chi connectivity index (χ0) is 13.9. The smallest absolute Gasteiger partial charge is 0.147 e. The van der Waals surface area contributed by atoms with Crippen LogP contribution in [-0.4, -0.2) is 16.7 Å². The highest BCUT2D eigenvalue weighted by Gasteiger charge is 2.11. The molecule has 0 amide bonds. The Morgan fingerprint density at radius 3 is 2.60 bits per heavy atom. The maximum Gasteiger partial charge on any atom is 0.147 e. The van der Waals surface area contributed by atoms with Gasteiger partial charge in [0.1, 0.15) is 29.4 Å². The van der Waals surface area contributed by atoms with Gasteiger partial charge in [-0.05, 0) is 24.3 Å². The van der Waals surface area contributed by atoms with Crippen LogP contribution in [0.3, 0.4) is 0 Å². The first-order valence-electron chi connectivity index (χ1n) is 6.46. The van der Waals surface area contributed by atoms with Gasteiger partial charge in [-0.3, -0.25) is 0 Å². The SMILES string of the molecule is COc1cccc2c1nc(COc1ccccc1)n2C. The molecule has 1 aromatic heterocycles. The Hall–Kier alpha value is -2.49. The molecule has 1 heterocycles. The second-order valence-corrected chi connectivity index (χ2v) is 4.52. The number of nitrogens with zero attached hydrogens (tertiary/aromatic N) is 2. The van der Waals surface area contributed by atoms with E-state index in [-0.39, 0.29) is 0 Å². The zero-order valence-corrected chi connectivity index (χ0v) is 11.5. The first-order valence-corrected chi connectivity index (χ1v) is 6.46. The Kier molecular flexibility index (Phi) is 3.29. The van der Waals surface area contributed by atoms with Crippen LogP contribution in [0.2, 0.25) is 0 Å². The Balaban J connectivity index is 1.90. The third-order valence-corrected chi connectivity index (χ3v) is 3.30. The highest BCUT2D eigenvalue weighted by atomic mass is 16.5. The number of hydrogen-bond donors (Lipinski definition) is 0. The number of aromatic nitrogens is 2. The molecule has 0 radical (unpaired) electrons. The molecular weight excluding hydrogens is 252 g/mol. The van der Waals surface area contributed by atoms with Crippen molar-refractivity contribution in [2.45, 2.75) is 6.61 Å². The van der Waals surface area contributed by atoms with Gasteiger partial charge in [0.25, 0.3) is 0 Å². The summed E-state index contributed by atoms with van der Waals surface area (Å²) in [4.78, 5) is 4.61. The predicted molar refractivity (Wildman–Crippen MR) is 78.0 cm³/mol. The molecule has 0 fully saturated rings. The quantitative estimate of drug-likeness (QED) is 0.729. The van der Waals surface area contributed by atoms with E-state index in [2.05, 4.69) is 4.98 Å². The fraction of sp³-hybridized carbons (Fsp3) is 0.188. The molecule has 3 rings (SSSR count). The van der Waals surface area contributed by atoms with E-state index in [0.717, 1.165) is 28.4 Å². The van der Waals surface area contributed by atoms with Crippen LogP contribution in [0.5, 0.6) is 11.5 Å². The van der Waals surface area contributed by atoms with E-state index in [1.54, 1.807) is 7.11 Å². The van der Waals surface area contributed by atoms with Crippen LogP contribution in [-0.2, 0) is 13.7 Å². The van der Waals surface area contributed by atoms with Crippen molar-refractivity contribution in [3.63, 3.8) is 0 Å². The van der Waals surface area contributed by atoms with E-state index in [1.807, 2.05) is 60.1 Å². The molecule has 0 atom stereocenters. The van der Waals surface area contributed by atoms with E-state index in [9.17, 15) is 0 Å². The number of rotatable bonds is 4. The number of methoxy groups -OCH3 is 1. The van der Waals surface area contributed by atoms with Gasteiger partial charge in [0.2, 0.25) is 0 Å². The summed E-state index contributed by atoms with van der Waals surface area (Å²) >= 11 is 0. The van der Waals surface area contributed by atoms with Gasteiger partial charge in [-0.2, -0.15) is 0 Å². The molecular formula is C16H16N2O2. The Morgan fingerprint density at radius 1 is 1.05 bits per heavy atom. The summed E-state index contributed by atoms with van der Waals surface area (Å²) in [5.74, 6) is 2.49. The van der Waals surface area contributed by atoms with E-state index in [0.29, 0.717) is 6.61 Å². The average Bonchev–Trinajstić information content (AvgIpc) is 2.83. The van der Waals surface area contributed by atoms with Gasteiger partial charge in [-0.1, -0.05) is 24.3 Å². The van der Waals surface area contributed by atoms with Crippen molar-refractivity contribution in [3.8, 4) is 11.5 Å². The molecule has 102 valence electrons. The van der Waals surface area contributed by atoms with E-state index in [1.165, 1.54) is 0 Å². The average molecular weight is 268 g/mol. The first kappa shape index (κ1) is 12.5. The third kappa shape index (κ3) is 2.20. The van der Waals surface area contributed by atoms with Crippen molar-refractivity contribution in [2.75, 3.05) is 7.11 Å². The van der Waals surface area contributed by atoms with Crippen molar-refractivity contribution >= 4 is 11.0 Å². The van der Waals surface area contributed by atoms with Crippen molar-refractivity contribution in [2.24, 2.45) is 7.05 Å². The van der Waals surface area contributed by atoms with E-state index >= 15 is 0 Å². The highest BCUT2D eigenvalue weighted by Crippen LogP contribution is 2.25. The summed E-state index contributed by atoms with van der Waals surface area (Å²) in [6.45, 7) is 0.429. The molecule has 0 bridgehead atoms. The third-order valence-electron chi connectivity index (χ3n) is 3.30. The Morgan fingerprint density at radius 2 is 1.85 bits per heavy atom. The summed E-state index contributed by atoms with van der Waals surface area (Å²) in [6.07, 6.45) is 0. The molecule has 20 heavy (non-hydrogen) atoms. The molecule has 4 heteroatoms. The molecule has 0 aliphatic heterocycles. The van der Waals surface area contributed by atoms with Gasteiger partial charge in [0.05, 0.1) is 12.6 Å². The number of benzene rings is 2. The largest absolute Gasteiger partial charge is 0.494 e. The number of imidazole rings is 1. The van der Waals surface area contributed by atoms with Crippen LogP contribution in [0, 0.1) is 0 Å². The van der Waals surface area contributed by atoms with Crippen molar-refractivity contribution in [3.05, 3.63) is 54.4 Å². The van der Waals surface area contributed by atoms with E-state index < -0.39 is 0 Å². The molecule has 0 aliphatic carbocycles. The van der Waals surface area contributed by atoms with Crippen LogP contribution in [0.25, 0.3) is 11.0 Å². The number of fused-ring (bicyclic) bond motifs is 1. The monoisotopic (exact) mass is 268 g/mol. The Bertz CT molecular complexity index is 720. The molecule has 2 aromatic carbocycles. The topological polar surface area (TPSA) is 36.3 Å². The molecule has 0 N–H and O–H groups in total. The van der Waals surface area contributed by atoms with Gasteiger partial charge < -0.3 is 14.0 Å². The van der Waals surface area contributed by atoms with Crippen LogP contribution in [0.15, 0.2) is 48.5 Å². The standard InChI is InChI=1S/C16H16N2O2/c1-18-13-9-6-10-14(19-2)16(13)17-15(18)11-20-12-7-4-3-5-8-12/h3-10H,11H2,1-2H3. The summed E-state index contributed by atoms with van der Waals surface area (Å²) in [7, 11) is 3.64. The van der Waals surface area contributed by atoms with Gasteiger partial charge in [-0.15, -0.1) is 0 Å². The van der Waals surface area contributed by atoms with Gasteiger partial charge >= 0.3 is 0 Å². The normalized spacial score (nSPS) is 10.7. The maximum absolute atomic E-state index is 5.75. The molecule has 0 saturated carbocycles.